The normalized spacial score (nSPS) is 23.6. The zero-order valence-corrected chi connectivity index (χ0v) is 9.03. The summed E-state index contributed by atoms with van der Waals surface area (Å²) < 4.78 is 5.14. The van der Waals surface area contributed by atoms with Gasteiger partial charge in [0.15, 0.2) is 0 Å². The molecule has 2 nitrogen and oxygen atoms in total. The lowest BCUT2D eigenvalue weighted by Gasteiger charge is -2.29. The van der Waals surface area contributed by atoms with Gasteiger partial charge < -0.3 is 10.1 Å². The van der Waals surface area contributed by atoms with Crippen LogP contribution in [0.25, 0.3) is 0 Å². The first-order valence-corrected chi connectivity index (χ1v) is 5.01. The molecular weight excluding hydrogens is 186 g/mol. The fourth-order valence-corrected chi connectivity index (χ4v) is 1.69. The number of ether oxygens (including phenoxy) is 1. The fourth-order valence-electron chi connectivity index (χ4n) is 1.69. The molecule has 1 atom stereocenters. The fraction of sp³-hybridized carbons (Fsp3) is 0.231. The Bertz CT molecular complexity index is 392. The van der Waals surface area contributed by atoms with Crippen LogP contribution in [0.3, 0.4) is 0 Å². The molecule has 0 aromatic heterocycles. The van der Waals surface area contributed by atoms with Gasteiger partial charge in [0.05, 0.1) is 12.6 Å². The minimum Gasteiger partial charge on any atom is -0.497 e. The molecule has 1 aromatic rings. The van der Waals surface area contributed by atoms with Crippen LogP contribution < -0.4 is 10.1 Å². The van der Waals surface area contributed by atoms with Crippen molar-refractivity contribution in [3.05, 3.63) is 54.3 Å². The van der Waals surface area contributed by atoms with Crippen molar-refractivity contribution in [1.29, 1.82) is 0 Å². The second kappa shape index (κ2) is 3.81. The standard InChI is InChI=1S/C13H15NO/c1-13(9-3-4-10-14-13)11-5-7-12(15-2)8-6-11/h3-10,14H,1-2H3. The zero-order valence-electron chi connectivity index (χ0n) is 9.03. The molecule has 1 heterocycles. The van der Waals surface area contributed by atoms with E-state index in [9.17, 15) is 0 Å². The maximum absolute atomic E-state index is 5.14. The summed E-state index contributed by atoms with van der Waals surface area (Å²) in [6.45, 7) is 2.15. The van der Waals surface area contributed by atoms with Crippen molar-refractivity contribution in [3.8, 4) is 5.75 Å². The van der Waals surface area contributed by atoms with E-state index in [4.69, 9.17) is 4.74 Å². The van der Waals surface area contributed by atoms with Crippen molar-refractivity contribution in [2.75, 3.05) is 7.11 Å². The first-order chi connectivity index (χ1) is 7.24. The van der Waals surface area contributed by atoms with Crippen LogP contribution in [0.4, 0.5) is 0 Å². The Labute approximate surface area is 90.3 Å². The molecule has 1 aliphatic heterocycles. The molecule has 15 heavy (non-hydrogen) atoms. The molecule has 1 unspecified atom stereocenters. The van der Waals surface area contributed by atoms with Gasteiger partial charge in [0.2, 0.25) is 0 Å². The van der Waals surface area contributed by atoms with E-state index in [0.717, 1.165) is 5.75 Å². The van der Waals surface area contributed by atoms with Crippen LogP contribution in [0.5, 0.6) is 5.75 Å². The summed E-state index contributed by atoms with van der Waals surface area (Å²) in [5, 5.41) is 3.34. The van der Waals surface area contributed by atoms with E-state index in [0.29, 0.717) is 0 Å². The topological polar surface area (TPSA) is 21.3 Å². The molecule has 0 radical (unpaired) electrons. The van der Waals surface area contributed by atoms with Gasteiger partial charge in [-0.25, -0.2) is 0 Å². The molecule has 1 aromatic carbocycles. The molecule has 1 N–H and O–H groups in total. The quantitative estimate of drug-likeness (QED) is 0.794. The Kier molecular flexibility index (Phi) is 2.50. The monoisotopic (exact) mass is 201 g/mol. The molecule has 78 valence electrons. The maximum atomic E-state index is 5.14. The largest absolute Gasteiger partial charge is 0.497 e. The van der Waals surface area contributed by atoms with Crippen molar-refractivity contribution in [3.63, 3.8) is 0 Å². The predicted molar refractivity (Wildman–Crippen MR) is 61.8 cm³/mol. The SMILES string of the molecule is COc1ccc(C2(C)C=CC=CN2)cc1. The second-order valence-electron chi connectivity index (χ2n) is 3.79. The third kappa shape index (κ3) is 1.89. The van der Waals surface area contributed by atoms with Crippen molar-refractivity contribution < 1.29 is 4.74 Å². The molecule has 2 heteroatoms. The number of hydrogen-bond acceptors (Lipinski definition) is 2. The van der Waals surface area contributed by atoms with Crippen LogP contribution in [-0.4, -0.2) is 7.11 Å². The number of benzene rings is 1. The van der Waals surface area contributed by atoms with Crippen molar-refractivity contribution in [2.45, 2.75) is 12.5 Å². The maximum Gasteiger partial charge on any atom is 0.118 e. The van der Waals surface area contributed by atoms with Crippen LogP contribution in [0, 0.1) is 0 Å². The lowest BCUT2D eigenvalue weighted by molar-refractivity contribution is 0.414. The predicted octanol–water partition coefficient (Wildman–Crippen LogP) is 2.58. The number of dihydropyridines is 1. The highest BCUT2D eigenvalue weighted by Crippen LogP contribution is 2.26. The first kappa shape index (κ1) is 9.84. The van der Waals surface area contributed by atoms with E-state index in [1.54, 1.807) is 7.11 Å². The van der Waals surface area contributed by atoms with E-state index >= 15 is 0 Å². The summed E-state index contributed by atoms with van der Waals surface area (Å²) in [6.07, 6.45) is 8.16. The van der Waals surface area contributed by atoms with Gasteiger partial charge in [-0.05, 0) is 36.9 Å². The summed E-state index contributed by atoms with van der Waals surface area (Å²) in [7, 11) is 1.68. The molecule has 0 amide bonds. The minimum absolute atomic E-state index is 0.110. The molecule has 0 saturated carbocycles. The van der Waals surface area contributed by atoms with Gasteiger partial charge in [-0.3, -0.25) is 0 Å². The molecule has 2 rings (SSSR count). The van der Waals surface area contributed by atoms with Crippen LogP contribution >= 0.6 is 0 Å². The van der Waals surface area contributed by atoms with E-state index in [1.807, 2.05) is 24.4 Å². The zero-order chi connectivity index (χ0) is 10.7. The van der Waals surface area contributed by atoms with Crippen LogP contribution in [0.2, 0.25) is 0 Å². The highest BCUT2D eigenvalue weighted by Gasteiger charge is 2.22. The number of rotatable bonds is 2. The van der Waals surface area contributed by atoms with Gasteiger partial charge in [0.1, 0.15) is 5.75 Å². The first-order valence-electron chi connectivity index (χ1n) is 5.01. The Morgan fingerprint density at radius 2 is 1.87 bits per heavy atom. The summed E-state index contributed by atoms with van der Waals surface area (Å²) in [6, 6.07) is 8.12. The highest BCUT2D eigenvalue weighted by atomic mass is 16.5. The Morgan fingerprint density at radius 1 is 1.13 bits per heavy atom. The average molecular weight is 201 g/mol. The molecule has 0 aliphatic carbocycles. The third-order valence-corrected chi connectivity index (χ3v) is 2.71. The molecule has 0 spiro atoms. The molecule has 0 fully saturated rings. The lowest BCUT2D eigenvalue weighted by Crippen LogP contribution is -2.34. The van der Waals surface area contributed by atoms with Gasteiger partial charge in [-0.2, -0.15) is 0 Å². The summed E-state index contributed by atoms with van der Waals surface area (Å²) in [4.78, 5) is 0. The Balaban J connectivity index is 2.29. The second-order valence-corrected chi connectivity index (χ2v) is 3.79. The molecule has 0 bridgehead atoms. The van der Waals surface area contributed by atoms with Gasteiger partial charge in [-0.15, -0.1) is 0 Å². The van der Waals surface area contributed by atoms with Gasteiger partial charge in [0, 0.05) is 0 Å². The van der Waals surface area contributed by atoms with Crippen molar-refractivity contribution >= 4 is 0 Å². The molecule has 0 saturated heterocycles. The number of methoxy groups -OCH3 is 1. The number of nitrogens with one attached hydrogen (secondary N) is 1. The van der Waals surface area contributed by atoms with Crippen molar-refractivity contribution in [1.82, 2.24) is 5.32 Å². The lowest BCUT2D eigenvalue weighted by atomic mass is 9.90. The van der Waals surface area contributed by atoms with E-state index in [2.05, 4.69) is 36.5 Å². The van der Waals surface area contributed by atoms with Gasteiger partial charge >= 0.3 is 0 Å². The van der Waals surface area contributed by atoms with Crippen molar-refractivity contribution in [2.24, 2.45) is 0 Å². The Morgan fingerprint density at radius 3 is 2.40 bits per heavy atom. The van der Waals surface area contributed by atoms with Crippen LogP contribution in [0.1, 0.15) is 12.5 Å². The van der Waals surface area contributed by atoms with Crippen LogP contribution in [-0.2, 0) is 5.54 Å². The van der Waals surface area contributed by atoms with E-state index < -0.39 is 0 Å². The third-order valence-electron chi connectivity index (χ3n) is 2.71. The summed E-state index contributed by atoms with van der Waals surface area (Å²) >= 11 is 0. The smallest absolute Gasteiger partial charge is 0.118 e. The average Bonchev–Trinajstić information content (AvgIpc) is 2.30. The summed E-state index contributed by atoms with van der Waals surface area (Å²) in [5.41, 5.74) is 1.12. The highest BCUT2D eigenvalue weighted by molar-refractivity contribution is 5.36. The Hall–Kier alpha value is -1.70. The van der Waals surface area contributed by atoms with E-state index in [1.165, 1.54) is 5.56 Å². The minimum atomic E-state index is -0.110. The number of allylic oxidation sites excluding steroid dienone is 2. The number of hydrogen-bond donors (Lipinski definition) is 1. The van der Waals surface area contributed by atoms with Crippen LogP contribution in [0.15, 0.2) is 48.7 Å². The summed E-state index contributed by atoms with van der Waals surface area (Å²) in [5.74, 6) is 0.887. The van der Waals surface area contributed by atoms with Gasteiger partial charge in [0.25, 0.3) is 0 Å². The van der Waals surface area contributed by atoms with Gasteiger partial charge in [-0.1, -0.05) is 24.3 Å². The van der Waals surface area contributed by atoms with E-state index in [-0.39, 0.29) is 5.54 Å². The molecular formula is C13H15NO. The molecule has 1 aliphatic rings.